The lowest BCUT2D eigenvalue weighted by Gasteiger charge is -2.17. The topological polar surface area (TPSA) is 42.7 Å². The van der Waals surface area contributed by atoms with Crippen molar-refractivity contribution in [1.82, 2.24) is 19.9 Å². The maximum Gasteiger partial charge on any atom is 0.115 e. The number of nitrogens with zero attached hydrogens (tertiary/aromatic N) is 3. The second-order valence-electron chi connectivity index (χ2n) is 3.87. The summed E-state index contributed by atoms with van der Waals surface area (Å²) in [6.07, 6.45) is 6.73. The van der Waals surface area contributed by atoms with Gasteiger partial charge in [-0.05, 0) is 13.0 Å². The van der Waals surface area contributed by atoms with E-state index in [2.05, 4.69) is 33.7 Å². The Bertz CT molecular complexity index is 435. The summed E-state index contributed by atoms with van der Waals surface area (Å²) in [4.78, 5) is 8.67. The zero-order valence-corrected chi connectivity index (χ0v) is 11.1. The molecule has 1 unspecified atom stereocenters. The SMILES string of the molecule is CCNCc1cncn1C(CC)c1nccs1. The number of hydrogen-bond donors (Lipinski definition) is 1. The average molecular weight is 250 g/mol. The van der Waals surface area contributed by atoms with Crippen LogP contribution in [-0.4, -0.2) is 21.1 Å². The Balaban J connectivity index is 2.22. The summed E-state index contributed by atoms with van der Waals surface area (Å²) in [6, 6.07) is 0.311. The van der Waals surface area contributed by atoms with E-state index >= 15 is 0 Å². The lowest BCUT2D eigenvalue weighted by molar-refractivity contribution is 0.530. The molecule has 0 aliphatic rings. The molecule has 2 aromatic rings. The molecule has 17 heavy (non-hydrogen) atoms. The van der Waals surface area contributed by atoms with Crippen molar-refractivity contribution in [2.45, 2.75) is 32.9 Å². The summed E-state index contributed by atoms with van der Waals surface area (Å²) in [5, 5.41) is 6.52. The minimum absolute atomic E-state index is 0.311. The third-order valence-corrected chi connectivity index (χ3v) is 3.64. The van der Waals surface area contributed by atoms with Gasteiger partial charge >= 0.3 is 0 Å². The quantitative estimate of drug-likeness (QED) is 0.856. The van der Waals surface area contributed by atoms with Crippen molar-refractivity contribution in [2.75, 3.05) is 6.54 Å². The summed E-state index contributed by atoms with van der Waals surface area (Å²) in [7, 11) is 0. The van der Waals surface area contributed by atoms with Gasteiger partial charge < -0.3 is 9.88 Å². The molecule has 0 radical (unpaired) electrons. The molecule has 5 heteroatoms. The molecule has 0 fully saturated rings. The summed E-state index contributed by atoms with van der Waals surface area (Å²) in [6.45, 7) is 6.12. The van der Waals surface area contributed by atoms with Crippen LogP contribution in [0.5, 0.6) is 0 Å². The van der Waals surface area contributed by atoms with E-state index in [1.165, 1.54) is 5.69 Å². The van der Waals surface area contributed by atoms with Gasteiger partial charge in [-0.25, -0.2) is 9.97 Å². The first-order valence-corrected chi connectivity index (χ1v) is 6.85. The molecule has 2 heterocycles. The number of hydrogen-bond acceptors (Lipinski definition) is 4. The highest BCUT2D eigenvalue weighted by Gasteiger charge is 2.16. The van der Waals surface area contributed by atoms with E-state index in [-0.39, 0.29) is 0 Å². The van der Waals surface area contributed by atoms with Crippen molar-refractivity contribution in [3.05, 3.63) is 34.8 Å². The molecule has 0 amide bonds. The van der Waals surface area contributed by atoms with Gasteiger partial charge in [-0.2, -0.15) is 0 Å². The maximum absolute atomic E-state index is 4.41. The Hall–Kier alpha value is -1.20. The smallest absolute Gasteiger partial charge is 0.115 e. The van der Waals surface area contributed by atoms with E-state index in [0.717, 1.165) is 24.5 Å². The van der Waals surface area contributed by atoms with Crippen molar-refractivity contribution in [2.24, 2.45) is 0 Å². The molecular formula is C12H18N4S. The molecule has 0 saturated carbocycles. The maximum atomic E-state index is 4.41. The van der Waals surface area contributed by atoms with Crippen LogP contribution in [0.25, 0.3) is 0 Å². The van der Waals surface area contributed by atoms with E-state index in [9.17, 15) is 0 Å². The van der Waals surface area contributed by atoms with E-state index in [1.807, 2.05) is 24.1 Å². The molecule has 0 bridgehead atoms. The molecule has 2 rings (SSSR count). The second kappa shape index (κ2) is 5.93. The van der Waals surface area contributed by atoms with Gasteiger partial charge in [0, 0.05) is 24.3 Å². The van der Waals surface area contributed by atoms with Gasteiger partial charge in [-0.15, -0.1) is 11.3 Å². The molecule has 1 N–H and O–H groups in total. The van der Waals surface area contributed by atoms with Crippen molar-refractivity contribution in [1.29, 1.82) is 0 Å². The summed E-state index contributed by atoms with van der Waals surface area (Å²) in [5.41, 5.74) is 1.22. The molecule has 0 aliphatic heterocycles. The molecular weight excluding hydrogens is 232 g/mol. The van der Waals surface area contributed by atoms with Crippen LogP contribution in [-0.2, 0) is 6.54 Å². The van der Waals surface area contributed by atoms with Crippen molar-refractivity contribution < 1.29 is 0 Å². The first-order valence-electron chi connectivity index (χ1n) is 5.97. The van der Waals surface area contributed by atoms with Crippen LogP contribution in [0.15, 0.2) is 24.1 Å². The molecule has 0 aliphatic carbocycles. The highest BCUT2D eigenvalue weighted by atomic mass is 32.1. The molecule has 0 saturated heterocycles. The molecule has 2 aromatic heterocycles. The van der Waals surface area contributed by atoms with Gasteiger partial charge in [0.2, 0.25) is 0 Å². The highest BCUT2D eigenvalue weighted by molar-refractivity contribution is 7.09. The molecule has 92 valence electrons. The standard InChI is InChI=1S/C12H18N4S/c1-3-11(12-15-5-6-17-12)16-9-14-8-10(16)7-13-4-2/h5-6,8-9,11,13H,3-4,7H2,1-2H3. The fraction of sp³-hybridized carbons (Fsp3) is 0.500. The summed E-state index contributed by atoms with van der Waals surface area (Å²) in [5.74, 6) is 0. The molecule has 1 atom stereocenters. The fourth-order valence-electron chi connectivity index (χ4n) is 1.89. The van der Waals surface area contributed by atoms with Gasteiger partial charge in [0.1, 0.15) is 5.01 Å². The largest absolute Gasteiger partial charge is 0.323 e. The van der Waals surface area contributed by atoms with E-state index < -0.39 is 0 Å². The van der Waals surface area contributed by atoms with Crippen LogP contribution >= 0.6 is 11.3 Å². The zero-order chi connectivity index (χ0) is 12.1. The number of thiazole rings is 1. The van der Waals surface area contributed by atoms with Crippen LogP contribution in [0.2, 0.25) is 0 Å². The summed E-state index contributed by atoms with van der Waals surface area (Å²) < 4.78 is 2.22. The van der Waals surface area contributed by atoms with Gasteiger partial charge in [-0.3, -0.25) is 0 Å². The fourth-order valence-corrected chi connectivity index (χ4v) is 2.71. The number of nitrogens with one attached hydrogen (secondary N) is 1. The molecule has 0 spiro atoms. The Labute approximate surface area is 106 Å². The normalized spacial score (nSPS) is 12.8. The van der Waals surface area contributed by atoms with Crippen LogP contribution in [0, 0.1) is 0 Å². The second-order valence-corrected chi connectivity index (χ2v) is 4.79. The number of rotatable bonds is 6. The van der Waals surface area contributed by atoms with E-state index in [0.29, 0.717) is 6.04 Å². The first kappa shape index (κ1) is 12.3. The van der Waals surface area contributed by atoms with Crippen LogP contribution in [0.4, 0.5) is 0 Å². The zero-order valence-electron chi connectivity index (χ0n) is 10.3. The highest BCUT2D eigenvalue weighted by Crippen LogP contribution is 2.24. The van der Waals surface area contributed by atoms with E-state index in [1.54, 1.807) is 11.3 Å². The van der Waals surface area contributed by atoms with Crippen molar-refractivity contribution in [3.63, 3.8) is 0 Å². The van der Waals surface area contributed by atoms with Crippen molar-refractivity contribution >= 4 is 11.3 Å². The van der Waals surface area contributed by atoms with Gasteiger partial charge in [0.15, 0.2) is 0 Å². The van der Waals surface area contributed by atoms with Crippen LogP contribution in [0.3, 0.4) is 0 Å². The predicted molar refractivity (Wildman–Crippen MR) is 70.2 cm³/mol. The lowest BCUT2D eigenvalue weighted by atomic mass is 10.2. The Morgan fingerprint density at radius 2 is 2.35 bits per heavy atom. The number of aromatic nitrogens is 3. The van der Waals surface area contributed by atoms with E-state index in [4.69, 9.17) is 0 Å². The third kappa shape index (κ3) is 2.73. The minimum Gasteiger partial charge on any atom is -0.323 e. The lowest BCUT2D eigenvalue weighted by Crippen LogP contribution is -2.18. The van der Waals surface area contributed by atoms with Crippen LogP contribution < -0.4 is 5.32 Å². The minimum atomic E-state index is 0.311. The monoisotopic (exact) mass is 250 g/mol. The predicted octanol–water partition coefficient (Wildman–Crippen LogP) is 2.45. The Morgan fingerprint density at radius 3 is 3.00 bits per heavy atom. The average Bonchev–Trinajstić information content (AvgIpc) is 2.99. The van der Waals surface area contributed by atoms with Gasteiger partial charge in [0.25, 0.3) is 0 Å². The van der Waals surface area contributed by atoms with Gasteiger partial charge in [0.05, 0.1) is 18.1 Å². The Kier molecular flexibility index (Phi) is 4.28. The third-order valence-electron chi connectivity index (χ3n) is 2.76. The van der Waals surface area contributed by atoms with Crippen LogP contribution in [0.1, 0.15) is 37.0 Å². The van der Waals surface area contributed by atoms with Crippen molar-refractivity contribution in [3.8, 4) is 0 Å². The summed E-state index contributed by atoms with van der Waals surface area (Å²) >= 11 is 1.71. The molecule has 4 nitrogen and oxygen atoms in total. The number of imidazole rings is 1. The first-order chi connectivity index (χ1) is 8.36. The van der Waals surface area contributed by atoms with Gasteiger partial charge in [-0.1, -0.05) is 13.8 Å². The Morgan fingerprint density at radius 1 is 1.47 bits per heavy atom. The molecule has 0 aromatic carbocycles.